The maximum atomic E-state index is 16.0. The molecule has 3 heterocycles. The molecule has 0 spiro atoms. The highest BCUT2D eigenvalue weighted by molar-refractivity contribution is 7.85. The third kappa shape index (κ3) is 7.89. The van der Waals surface area contributed by atoms with E-state index in [2.05, 4.69) is 17.0 Å². The predicted octanol–water partition coefficient (Wildman–Crippen LogP) is 8.84. The van der Waals surface area contributed by atoms with E-state index in [1.165, 1.54) is 24.3 Å². The highest BCUT2D eigenvalue weighted by Gasteiger charge is 2.35. The Morgan fingerprint density at radius 3 is 2.63 bits per heavy atom. The molecule has 2 atom stereocenters. The minimum absolute atomic E-state index is 0.00642. The summed E-state index contributed by atoms with van der Waals surface area (Å²) in [5, 5.41) is 14.7. The van der Waals surface area contributed by atoms with Gasteiger partial charge in [-0.2, -0.15) is 5.10 Å². The number of aliphatic carboxylic acids is 1. The SMILES string of the molecule is CC/C=C1/N=C(N(C)C)c2cc(ccc2F)Oc2c(F)cc3[nH]ccc3c2Cn2cc(cn2)C(C)(C)S(=O)CCCC1(C)c1cccc(CCC(=O)O)c1. The number of aliphatic imine (C=N–C) groups is 1. The van der Waals surface area contributed by atoms with E-state index >= 15 is 8.78 Å². The number of benzene rings is 3. The highest BCUT2D eigenvalue weighted by atomic mass is 32.2. The van der Waals surface area contributed by atoms with Crippen LogP contribution >= 0.6 is 0 Å². The normalized spacial score (nSPS) is 20.0. The number of H-pyrrole nitrogens is 1. The Hall–Kier alpha value is -5.10. The molecule has 1 aliphatic heterocycles. The minimum atomic E-state index is -1.32. The first-order chi connectivity index (χ1) is 25.7. The number of allylic oxidation sites excluding steroid dienone is 2. The summed E-state index contributed by atoms with van der Waals surface area (Å²) in [4.78, 5) is 21.5. The molecule has 5 aromatic rings. The molecule has 6 rings (SSSR count). The van der Waals surface area contributed by atoms with Gasteiger partial charge in [0.25, 0.3) is 0 Å². The summed E-state index contributed by atoms with van der Waals surface area (Å²) < 4.78 is 53.4. The first-order valence-electron chi connectivity index (χ1n) is 18.2. The van der Waals surface area contributed by atoms with Crippen molar-refractivity contribution in [2.24, 2.45) is 4.99 Å². The summed E-state index contributed by atoms with van der Waals surface area (Å²) in [6, 6.07) is 15.4. The van der Waals surface area contributed by atoms with Gasteiger partial charge in [-0.05, 0) is 81.8 Å². The molecule has 4 bridgehead atoms. The van der Waals surface area contributed by atoms with Crippen molar-refractivity contribution in [1.29, 1.82) is 0 Å². The molecular formula is C42H47F2N5O4S. The lowest BCUT2D eigenvalue weighted by Crippen LogP contribution is -2.30. The van der Waals surface area contributed by atoms with Crippen molar-refractivity contribution in [3.8, 4) is 11.5 Å². The summed E-state index contributed by atoms with van der Waals surface area (Å²) in [7, 11) is 2.25. The number of aromatic nitrogens is 3. The lowest BCUT2D eigenvalue weighted by molar-refractivity contribution is -0.136. The average Bonchev–Trinajstić information content (AvgIpc) is 3.81. The molecular weight excluding hydrogens is 709 g/mol. The molecule has 1 aliphatic rings. The Balaban J connectivity index is 1.56. The number of carboxylic acid groups (broad SMARTS) is 1. The molecule has 3 aromatic carbocycles. The molecule has 0 saturated heterocycles. The zero-order chi connectivity index (χ0) is 38.8. The molecule has 2 N–H and O–H groups in total. The molecule has 2 aromatic heterocycles. The van der Waals surface area contributed by atoms with Gasteiger partial charge in [0.1, 0.15) is 17.4 Å². The largest absolute Gasteiger partial charge is 0.481 e. The topological polar surface area (TPSA) is 113 Å². The molecule has 54 heavy (non-hydrogen) atoms. The van der Waals surface area contributed by atoms with E-state index in [4.69, 9.17) is 9.73 Å². The van der Waals surface area contributed by atoms with Crippen molar-refractivity contribution < 1.29 is 27.6 Å². The van der Waals surface area contributed by atoms with Gasteiger partial charge < -0.3 is 19.7 Å². The number of aryl methyl sites for hydroxylation is 1. The number of carbonyl (C=O) groups is 1. The van der Waals surface area contributed by atoms with Crippen molar-refractivity contribution >= 4 is 33.5 Å². The Kier molecular flexibility index (Phi) is 11.2. The molecule has 12 heteroatoms. The van der Waals surface area contributed by atoms with Crippen LogP contribution in [0.5, 0.6) is 11.5 Å². The number of aromatic amines is 1. The lowest BCUT2D eigenvalue weighted by Gasteiger charge is -2.33. The van der Waals surface area contributed by atoms with Gasteiger partial charge in [0, 0.05) is 88.7 Å². The van der Waals surface area contributed by atoms with E-state index in [0.29, 0.717) is 54.0 Å². The van der Waals surface area contributed by atoms with Crippen LogP contribution in [0.4, 0.5) is 8.78 Å². The van der Waals surface area contributed by atoms with Crippen molar-refractivity contribution in [2.45, 2.75) is 76.5 Å². The first kappa shape index (κ1) is 38.6. The Morgan fingerprint density at radius 1 is 1.09 bits per heavy atom. The number of halogens is 2. The van der Waals surface area contributed by atoms with Crippen LogP contribution in [0.3, 0.4) is 0 Å². The second-order valence-electron chi connectivity index (χ2n) is 14.7. The Labute approximate surface area is 317 Å². The Bertz CT molecular complexity index is 2270. The smallest absolute Gasteiger partial charge is 0.303 e. The van der Waals surface area contributed by atoms with Crippen LogP contribution in [0.15, 0.2) is 90.0 Å². The zero-order valence-corrected chi connectivity index (χ0v) is 32.4. The highest BCUT2D eigenvalue weighted by Crippen LogP contribution is 2.41. The number of hydrogen-bond donors (Lipinski definition) is 2. The van der Waals surface area contributed by atoms with Crippen LogP contribution < -0.4 is 4.74 Å². The van der Waals surface area contributed by atoms with Crippen LogP contribution in [0, 0.1) is 11.6 Å². The number of rotatable bonds is 5. The van der Waals surface area contributed by atoms with E-state index in [-0.39, 0.29) is 30.0 Å². The number of hydrogen-bond acceptors (Lipinski definition) is 6. The van der Waals surface area contributed by atoms with Gasteiger partial charge in [-0.25, -0.2) is 13.8 Å². The van der Waals surface area contributed by atoms with Gasteiger partial charge in [-0.15, -0.1) is 0 Å². The first-order valence-corrected chi connectivity index (χ1v) is 19.5. The van der Waals surface area contributed by atoms with Crippen molar-refractivity contribution in [1.82, 2.24) is 19.7 Å². The molecule has 0 fully saturated rings. The summed E-state index contributed by atoms with van der Waals surface area (Å²) >= 11 is 0. The number of nitrogens with one attached hydrogen (secondary N) is 1. The van der Waals surface area contributed by atoms with Gasteiger partial charge in [0.15, 0.2) is 11.6 Å². The van der Waals surface area contributed by atoms with Crippen LogP contribution in [-0.2, 0) is 38.7 Å². The van der Waals surface area contributed by atoms with Gasteiger partial charge in [-0.1, -0.05) is 37.3 Å². The molecule has 9 nitrogen and oxygen atoms in total. The molecule has 2 unspecified atom stereocenters. The van der Waals surface area contributed by atoms with E-state index < -0.39 is 38.6 Å². The number of nitrogens with zero attached hydrogens (tertiary/aromatic N) is 4. The molecule has 284 valence electrons. The van der Waals surface area contributed by atoms with Crippen molar-refractivity contribution in [3.05, 3.63) is 124 Å². The number of fused-ring (bicyclic) bond motifs is 7. The lowest BCUT2D eigenvalue weighted by atomic mass is 9.75. The summed E-state index contributed by atoms with van der Waals surface area (Å²) in [5.74, 6) is -1.07. The second-order valence-corrected chi connectivity index (χ2v) is 16.8. The number of amidine groups is 1. The standard InChI is InChI=1S/C42H47F2N5O4S/c1-7-10-37-42(4,28-12-8-11-27(21-28)13-16-38(50)51)18-9-20-54(52)41(2,3)29-24-46-49(25-29)26-33-31-17-19-45-36(31)23-35(44)39(33)53-30-14-15-34(43)32(22-30)40(47-37)48(5)6/h8,10-12,14-15,17,19,21-25,45H,7,9,13,16,18,20,26H2,1-6H3,(H,50,51)/b37-10+,47-40?. The van der Waals surface area contributed by atoms with Crippen LogP contribution in [0.2, 0.25) is 0 Å². The third-order valence-corrected chi connectivity index (χ3v) is 12.3. The molecule has 0 radical (unpaired) electrons. The van der Waals surface area contributed by atoms with E-state index in [0.717, 1.165) is 22.1 Å². The maximum absolute atomic E-state index is 16.0. The van der Waals surface area contributed by atoms with E-state index in [1.807, 2.05) is 63.4 Å². The van der Waals surface area contributed by atoms with Crippen LogP contribution in [0.25, 0.3) is 10.9 Å². The molecule has 0 saturated carbocycles. The van der Waals surface area contributed by atoms with Crippen LogP contribution in [-0.4, -0.2) is 60.6 Å². The second kappa shape index (κ2) is 15.7. The fourth-order valence-electron chi connectivity index (χ4n) is 7.06. The number of carboxylic acids is 1. The number of ether oxygens (including phenoxy) is 1. The monoisotopic (exact) mass is 755 g/mol. The van der Waals surface area contributed by atoms with Gasteiger partial charge >= 0.3 is 5.97 Å². The minimum Gasteiger partial charge on any atom is -0.481 e. The van der Waals surface area contributed by atoms with Crippen LogP contribution in [0.1, 0.15) is 81.2 Å². The fraction of sp³-hybridized carbons (Fsp3) is 0.357. The summed E-state index contributed by atoms with van der Waals surface area (Å²) in [5.41, 5.74) is 3.82. The van der Waals surface area contributed by atoms with Gasteiger partial charge in [0.05, 0.1) is 23.1 Å². The summed E-state index contributed by atoms with van der Waals surface area (Å²) in [6.45, 7) is 8.14. The van der Waals surface area contributed by atoms with Gasteiger partial charge in [0.2, 0.25) is 0 Å². The van der Waals surface area contributed by atoms with E-state index in [1.54, 1.807) is 36.1 Å². The van der Waals surface area contributed by atoms with E-state index in [9.17, 15) is 14.1 Å². The summed E-state index contributed by atoms with van der Waals surface area (Å²) in [6.07, 6.45) is 9.43. The fourth-order valence-corrected chi connectivity index (χ4v) is 8.34. The average molecular weight is 756 g/mol. The zero-order valence-electron chi connectivity index (χ0n) is 31.6. The quantitative estimate of drug-likeness (QED) is 0.185. The van der Waals surface area contributed by atoms with Crippen molar-refractivity contribution in [2.75, 3.05) is 19.8 Å². The third-order valence-electron chi connectivity index (χ3n) is 10.3. The Morgan fingerprint density at radius 2 is 1.89 bits per heavy atom. The van der Waals surface area contributed by atoms with Crippen molar-refractivity contribution in [3.63, 3.8) is 0 Å². The molecule has 0 amide bonds. The maximum Gasteiger partial charge on any atom is 0.303 e. The molecule has 0 aliphatic carbocycles. The predicted molar refractivity (Wildman–Crippen MR) is 210 cm³/mol. The van der Waals surface area contributed by atoms with Gasteiger partial charge in [-0.3, -0.25) is 13.7 Å².